The van der Waals surface area contributed by atoms with Crippen molar-refractivity contribution in [2.45, 2.75) is 36.5 Å². The summed E-state index contributed by atoms with van der Waals surface area (Å²) >= 11 is 5.21. The average molecular weight is 315 g/mol. The summed E-state index contributed by atoms with van der Waals surface area (Å²) in [6, 6.07) is 5.82. The highest BCUT2D eigenvalue weighted by Gasteiger charge is 2.26. The minimum absolute atomic E-state index is 0.117. The van der Waals surface area contributed by atoms with Gasteiger partial charge in [0.05, 0.1) is 6.10 Å². The summed E-state index contributed by atoms with van der Waals surface area (Å²) in [5.74, 6) is 0.117. The highest BCUT2D eigenvalue weighted by Crippen LogP contribution is 2.35. The number of Topliss-reactive ketones (excluding diaryl/α,β-unsaturated/α-hetero) is 1. The van der Waals surface area contributed by atoms with Crippen molar-refractivity contribution in [3.8, 4) is 0 Å². The van der Waals surface area contributed by atoms with Crippen LogP contribution in [0.3, 0.4) is 0 Å². The van der Waals surface area contributed by atoms with Crippen LogP contribution >= 0.6 is 27.7 Å². The molecule has 92 valence electrons. The van der Waals surface area contributed by atoms with E-state index in [1.54, 1.807) is 18.7 Å². The molecular formula is C13H15BrO2S. The second kappa shape index (κ2) is 5.55. The number of hydrogen-bond acceptors (Lipinski definition) is 3. The van der Waals surface area contributed by atoms with Crippen molar-refractivity contribution < 1.29 is 9.53 Å². The Hall–Kier alpha value is -0.320. The zero-order valence-corrected chi connectivity index (χ0v) is 12.3. The van der Waals surface area contributed by atoms with E-state index in [1.807, 2.05) is 18.2 Å². The average Bonchev–Trinajstić information content (AvgIpc) is 2.64. The summed E-state index contributed by atoms with van der Waals surface area (Å²) in [6.45, 7) is 4.53. The number of ketones is 1. The zero-order valence-electron chi connectivity index (χ0n) is 9.90. The number of carbonyl (C=O) groups excluding carboxylic acids is 1. The summed E-state index contributed by atoms with van der Waals surface area (Å²) < 4.78 is 6.56. The molecule has 2 nitrogen and oxygen atoms in total. The molecule has 0 amide bonds. The third-order valence-corrected chi connectivity index (χ3v) is 4.91. The number of carbonyl (C=O) groups is 1. The summed E-state index contributed by atoms with van der Waals surface area (Å²) in [5, 5.41) is 0.447. The third kappa shape index (κ3) is 3.12. The normalized spacial score (nSPS) is 23.9. The lowest BCUT2D eigenvalue weighted by Crippen LogP contribution is -2.13. The molecule has 2 unspecified atom stereocenters. The van der Waals surface area contributed by atoms with E-state index in [9.17, 15) is 4.79 Å². The number of hydrogen-bond donors (Lipinski definition) is 0. The number of benzene rings is 1. The van der Waals surface area contributed by atoms with Crippen LogP contribution in [0, 0.1) is 0 Å². The molecule has 0 bridgehead atoms. The molecule has 1 aromatic rings. The summed E-state index contributed by atoms with van der Waals surface area (Å²) in [7, 11) is 0. The number of halogens is 1. The SMILES string of the molecule is CC(=O)c1ccc(Br)cc1SC1CCOC1C. The molecule has 0 spiro atoms. The van der Waals surface area contributed by atoms with Crippen LogP contribution in [0.4, 0.5) is 0 Å². The maximum Gasteiger partial charge on any atom is 0.160 e. The summed E-state index contributed by atoms with van der Waals surface area (Å²) in [5.41, 5.74) is 0.803. The molecule has 1 fully saturated rings. The van der Waals surface area contributed by atoms with Crippen LogP contribution in [0.2, 0.25) is 0 Å². The molecule has 1 aromatic carbocycles. The van der Waals surface area contributed by atoms with Gasteiger partial charge < -0.3 is 4.74 Å². The van der Waals surface area contributed by atoms with Crippen molar-refractivity contribution in [3.63, 3.8) is 0 Å². The number of thioether (sulfide) groups is 1. The van der Waals surface area contributed by atoms with Crippen molar-refractivity contribution in [2.75, 3.05) is 6.61 Å². The highest BCUT2D eigenvalue weighted by atomic mass is 79.9. The van der Waals surface area contributed by atoms with Crippen LogP contribution in [0.1, 0.15) is 30.6 Å². The minimum atomic E-state index is 0.117. The Kier molecular flexibility index (Phi) is 4.28. The predicted molar refractivity (Wildman–Crippen MR) is 73.8 cm³/mol. The third-order valence-electron chi connectivity index (χ3n) is 2.91. The van der Waals surface area contributed by atoms with Gasteiger partial charge in [0.15, 0.2) is 5.78 Å². The van der Waals surface area contributed by atoms with E-state index in [1.165, 1.54) is 0 Å². The van der Waals surface area contributed by atoms with Crippen molar-refractivity contribution >= 4 is 33.5 Å². The van der Waals surface area contributed by atoms with Crippen LogP contribution in [-0.2, 0) is 4.74 Å². The van der Waals surface area contributed by atoms with Gasteiger partial charge in [-0.1, -0.05) is 15.9 Å². The standard InChI is InChI=1S/C13H15BrO2S/c1-8(15)11-4-3-10(14)7-13(11)17-12-5-6-16-9(12)2/h3-4,7,9,12H,5-6H2,1-2H3. The lowest BCUT2D eigenvalue weighted by molar-refractivity contribution is 0.101. The van der Waals surface area contributed by atoms with Crippen molar-refractivity contribution in [1.82, 2.24) is 0 Å². The van der Waals surface area contributed by atoms with Crippen LogP contribution < -0.4 is 0 Å². The van der Waals surface area contributed by atoms with Gasteiger partial charge in [0, 0.05) is 26.8 Å². The highest BCUT2D eigenvalue weighted by molar-refractivity contribution is 9.10. The van der Waals surface area contributed by atoms with Crippen molar-refractivity contribution in [1.29, 1.82) is 0 Å². The zero-order chi connectivity index (χ0) is 12.4. The van der Waals surface area contributed by atoms with Crippen LogP contribution in [0.25, 0.3) is 0 Å². The van der Waals surface area contributed by atoms with Crippen molar-refractivity contribution in [3.05, 3.63) is 28.2 Å². The second-order valence-electron chi connectivity index (χ2n) is 4.22. The molecule has 0 N–H and O–H groups in total. The Balaban J connectivity index is 2.24. The number of rotatable bonds is 3. The van der Waals surface area contributed by atoms with Gasteiger partial charge in [-0.05, 0) is 38.5 Å². The lowest BCUT2D eigenvalue weighted by Gasteiger charge is -2.15. The Labute approximate surface area is 114 Å². The van der Waals surface area contributed by atoms with Gasteiger partial charge in [0.2, 0.25) is 0 Å². The van der Waals surface area contributed by atoms with E-state index in [4.69, 9.17) is 4.74 Å². The molecule has 17 heavy (non-hydrogen) atoms. The van der Waals surface area contributed by atoms with Gasteiger partial charge >= 0.3 is 0 Å². The predicted octanol–water partition coefficient (Wildman–Crippen LogP) is 3.92. The van der Waals surface area contributed by atoms with Gasteiger partial charge in [-0.3, -0.25) is 4.79 Å². The van der Waals surface area contributed by atoms with Crippen molar-refractivity contribution in [2.24, 2.45) is 0 Å². The molecule has 0 saturated carbocycles. The first kappa shape index (κ1) is 13.1. The Morgan fingerprint density at radius 2 is 2.29 bits per heavy atom. The molecule has 0 radical (unpaired) electrons. The quantitative estimate of drug-likeness (QED) is 0.791. The Morgan fingerprint density at radius 3 is 2.88 bits per heavy atom. The van der Waals surface area contributed by atoms with E-state index >= 15 is 0 Å². The van der Waals surface area contributed by atoms with Gasteiger partial charge in [-0.25, -0.2) is 0 Å². The van der Waals surface area contributed by atoms with Gasteiger partial charge in [-0.2, -0.15) is 0 Å². The molecule has 2 atom stereocenters. The molecule has 0 aromatic heterocycles. The smallest absolute Gasteiger partial charge is 0.160 e. The van der Waals surface area contributed by atoms with E-state index in [0.29, 0.717) is 5.25 Å². The van der Waals surface area contributed by atoms with Gasteiger partial charge in [-0.15, -0.1) is 11.8 Å². The Morgan fingerprint density at radius 1 is 1.53 bits per heavy atom. The topological polar surface area (TPSA) is 26.3 Å². The van der Waals surface area contributed by atoms with Gasteiger partial charge in [0.1, 0.15) is 0 Å². The van der Waals surface area contributed by atoms with E-state index in [0.717, 1.165) is 28.0 Å². The van der Waals surface area contributed by atoms with Crippen LogP contribution in [0.15, 0.2) is 27.6 Å². The van der Waals surface area contributed by atoms with Crippen LogP contribution in [-0.4, -0.2) is 23.7 Å². The molecule has 1 aliphatic rings. The fourth-order valence-electron chi connectivity index (χ4n) is 1.91. The molecule has 2 rings (SSSR count). The first-order valence-electron chi connectivity index (χ1n) is 5.66. The molecule has 0 aliphatic carbocycles. The maximum atomic E-state index is 11.6. The summed E-state index contributed by atoms with van der Waals surface area (Å²) in [4.78, 5) is 12.6. The van der Waals surface area contributed by atoms with E-state index in [2.05, 4.69) is 22.9 Å². The number of ether oxygens (including phenoxy) is 1. The molecule has 1 heterocycles. The fourth-order valence-corrected chi connectivity index (χ4v) is 3.77. The summed E-state index contributed by atoms with van der Waals surface area (Å²) in [6.07, 6.45) is 1.31. The van der Waals surface area contributed by atoms with E-state index < -0.39 is 0 Å². The van der Waals surface area contributed by atoms with Gasteiger partial charge in [0.25, 0.3) is 0 Å². The lowest BCUT2D eigenvalue weighted by atomic mass is 10.1. The molecule has 1 aliphatic heterocycles. The largest absolute Gasteiger partial charge is 0.377 e. The van der Waals surface area contributed by atoms with E-state index in [-0.39, 0.29) is 11.9 Å². The fraction of sp³-hybridized carbons (Fsp3) is 0.462. The second-order valence-corrected chi connectivity index (χ2v) is 6.41. The first-order valence-corrected chi connectivity index (χ1v) is 7.34. The monoisotopic (exact) mass is 314 g/mol. The van der Waals surface area contributed by atoms with Crippen LogP contribution in [0.5, 0.6) is 0 Å². The maximum absolute atomic E-state index is 11.6. The molecular weight excluding hydrogens is 300 g/mol. The molecule has 1 saturated heterocycles. The minimum Gasteiger partial charge on any atom is -0.377 e. The molecule has 4 heteroatoms. The Bertz CT molecular complexity index is 433. The first-order chi connectivity index (χ1) is 8.08.